The van der Waals surface area contributed by atoms with Crippen molar-refractivity contribution in [1.82, 2.24) is 0 Å². The minimum absolute atomic E-state index is 0.195. The van der Waals surface area contributed by atoms with Crippen molar-refractivity contribution in [2.75, 3.05) is 31.4 Å². The second-order valence-electron chi connectivity index (χ2n) is 3.59. The third kappa shape index (κ3) is 1.92. The van der Waals surface area contributed by atoms with Crippen LogP contribution in [0.25, 0.3) is 0 Å². The molecule has 0 saturated carbocycles. The zero-order valence-corrected chi connectivity index (χ0v) is 9.75. The third-order valence-electron chi connectivity index (χ3n) is 2.74. The summed E-state index contributed by atoms with van der Waals surface area (Å²) in [7, 11) is 3.68. The minimum Gasteiger partial charge on any atom is -0.497 e. The van der Waals surface area contributed by atoms with E-state index in [1.54, 1.807) is 18.9 Å². The van der Waals surface area contributed by atoms with E-state index in [9.17, 15) is 5.11 Å². The van der Waals surface area contributed by atoms with Gasteiger partial charge >= 0.3 is 0 Å². The summed E-state index contributed by atoms with van der Waals surface area (Å²) in [5.41, 5.74) is 1.14. The molecule has 15 heavy (non-hydrogen) atoms. The van der Waals surface area contributed by atoms with E-state index in [1.807, 2.05) is 19.2 Å². The molecule has 1 aliphatic rings. The molecule has 3 nitrogen and oxygen atoms in total. The van der Waals surface area contributed by atoms with E-state index in [2.05, 4.69) is 11.0 Å². The Morgan fingerprint density at radius 2 is 2.40 bits per heavy atom. The van der Waals surface area contributed by atoms with Gasteiger partial charge in [0.25, 0.3) is 0 Å². The highest BCUT2D eigenvalue weighted by Crippen LogP contribution is 2.38. The number of hydrogen-bond donors (Lipinski definition) is 1. The third-order valence-corrected chi connectivity index (χ3v) is 3.94. The topological polar surface area (TPSA) is 32.7 Å². The Labute approximate surface area is 94.0 Å². The van der Waals surface area contributed by atoms with Gasteiger partial charge in [-0.25, -0.2) is 0 Å². The molecular weight excluding hydrogens is 210 g/mol. The zero-order chi connectivity index (χ0) is 10.8. The van der Waals surface area contributed by atoms with Crippen molar-refractivity contribution in [2.45, 2.75) is 10.9 Å². The van der Waals surface area contributed by atoms with Crippen LogP contribution in [0.15, 0.2) is 23.1 Å². The lowest BCUT2D eigenvalue weighted by molar-refractivity contribution is 0.271. The molecule has 0 spiro atoms. The maximum absolute atomic E-state index is 9.23. The van der Waals surface area contributed by atoms with E-state index in [0.29, 0.717) is 0 Å². The lowest BCUT2D eigenvalue weighted by atomic mass is 10.2. The van der Waals surface area contributed by atoms with Crippen LogP contribution >= 0.6 is 11.8 Å². The highest BCUT2D eigenvalue weighted by molar-refractivity contribution is 7.99. The molecule has 0 aromatic heterocycles. The Balaban J connectivity index is 2.35. The fraction of sp³-hybridized carbons (Fsp3) is 0.455. The molecule has 0 aliphatic carbocycles. The van der Waals surface area contributed by atoms with Gasteiger partial charge in [-0.1, -0.05) is 0 Å². The van der Waals surface area contributed by atoms with E-state index in [1.165, 1.54) is 4.90 Å². The second-order valence-corrected chi connectivity index (χ2v) is 4.65. The SMILES string of the molecule is COc1ccc2c(c1)N(C)C(CO)CS2. The quantitative estimate of drug-likeness (QED) is 0.828. The number of thioether (sulfide) groups is 1. The Hall–Kier alpha value is -0.870. The summed E-state index contributed by atoms with van der Waals surface area (Å²) in [5, 5.41) is 9.23. The summed E-state index contributed by atoms with van der Waals surface area (Å²) < 4.78 is 5.20. The van der Waals surface area contributed by atoms with Crippen LogP contribution in [0.3, 0.4) is 0 Å². The molecule has 1 aliphatic heterocycles. The van der Waals surface area contributed by atoms with Crippen LogP contribution in [0, 0.1) is 0 Å². The normalized spacial score (nSPS) is 19.9. The van der Waals surface area contributed by atoms with Gasteiger partial charge in [-0.05, 0) is 12.1 Å². The van der Waals surface area contributed by atoms with Crippen LogP contribution in [-0.4, -0.2) is 37.7 Å². The first kappa shape index (κ1) is 10.6. The van der Waals surface area contributed by atoms with Gasteiger partial charge in [0, 0.05) is 23.8 Å². The van der Waals surface area contributed by atoms with Gasteiger partial charge < -0.3 is 14.7 Å². The maximum atomic E-state index is 9.23. The predicted molar refractivity (Wildman–Crippen MR) is 63.0 cm³/mol. The van der Waals surface area contributed by atoms with E-state index < -0.39 is 0 Å². The van der Waals surface area contributed by atoms with Gasteiger partial charge in [0.1, 0.15) is 5.75 Å². The van der Waals surface area contributed by atoms with E-state index >= 15 is 0 Å². The first-order valence-electron chi connectivity index (χ1n) is 4.90. The summed E-state index contributed by atoms with van der Waals surface area (Å²) in [6.07, 6.45) is 0. The summed E-state index contributed by atoms with van der Waals surface area (Å²) in [4.78, 5) is 3.37. The molecule has 0 bridgehead atoms. The molecule has 1 aromatic rings. The average Bonchev–Trinajstić information content (AvgIpc) is 2.29. The first-order valence-corrected chi connectivity index (χ1v) is 5.89. The number of aliphatic hydroxyl groups excluding tert-OH is 1. The minimum atomic E-state index is 0.195. The van der Waals surface area contributed by atoms with Gasteiger partial charge in [-0.2, -0.15) is 0 Å². The van der Waals surface area contributed by atoms with Gasteiger partial charge in [-0.15, -0.1) is 11.8 Å². The molecule has 0 radical (unpaired) electrons. The highest BCUT2D eigenvalue weighted by atomic mass is 32.2. The molecule has 1 heterocycles. The molecule has 4 heteroatoms. The highest BCUT2D eigenvalue weighted by Gasteiger charge is 2.23. The van der Waals surface area contributed by atoms with E-state index in [-0.39, 0.29) is 12.6 Å². The molecule has 1 unspecified atom stereocenters. The maximum Gasteiger partial charge on any atom is 0.121 e. The molecular formula is C11H15NO2S. The number of rotatable bonds is 2. The molecule has 0 amide bonds. The Kier molecular flexibility index (Phi) is 3.07. The van der Waals surface area contributed by atoms with Gasteiger partial charge in [0.15, 0.2) is 0 Å². The van der Waals surface area contributed by atoms with Crippen LogP contribution in [0.1, 0.15) is 0 Å². The van der Waals surface area contributed by atoms with Crippen molar-refractivity contribution in [3.05, 3.63) is 18.2 Å². The molecule has 82 valence electrons. The largest absolute Gasteiger partial charge is 0.497 e. The standard InChI is InChI=1S/C11H15NO2S/c1-12-8(6-13)7-15-11-4-3-9(14-2)5-10(11)12/h3-5,8,13H,6-7H2,1-2H3. The van der Waals surface area contributed by atoms with Crippen molar-refractivity contribution in [3.8, 4) is 5.75 Å². The van der Waals surface area contributed by atoms with Gasteiger partial charge in [0.2, 0.25) is 0 Å². The van der Waals surface area contributed by atoms with Crippen LogP contribution in [-0.2, 0) is 0 Å². The number of hydrogen-bond acceptors (Lipinski definition) is 4. The Bertz CT molecular complexity index is 356. The van der Waals surface area contributed by atoms with Crippen molar-refractivity contribution in [3.63, 3.8) is 0 Å². The molecule has 1 aromatic carbocycles. The Morgan fingerprint density at radius 3 is 3.07 bits per heavy atom. The lowest BCUT2D eigenvalue weighted by Gasteiger charge is -2.34. The van der Waals surface area contributed by atoms with Gasteiger partial charge in [0.05, 0.1) is 25.4 Å². The van der Waals surface area contributed by atoms with Crippen molar-refractivity contribution in [1.29, 1.82) is 0 Å². The summed E-state index contributed by atoms with van der Waals surface area (Å²) in [5.74, 6) is 1.80. The zero-order valence-electron chi connectivity index (χ0n) is 8.93. The molecule has 1 atom stereocenters. The number of benzene rings is 1. The molecule has 2 rings (SSSR count). The number of likely N-dealkylation sites (N-methyl/N-ethyl adjacent to an activating group) is 1. The number of fused-ring (bicyclic) bond motifs is 1. The van der Waals surface area contributed by atoms with E-state index in [0.717, 1.165) is 17.2 Å². The smallest absolute Gasteiger partial charge is 0.121 e. The van der Waals surface area contributed by atoms with Crippen molar-refractivity contribution < 1.29 is 9.84 Å². The second kappa shape index (κ2) is 4.33. The van der Waals surface area contributed by atoms with E-state index in [4.69, 9.17) is 4.74 Å². The van der Waals surface area contributed by atoms with Crippen LogP contribution < -0.4 is 9.64 Å². The summed E-state index contributed by atoms with van der Waals surface area (Å²) >= 11 is 1.79. The fourth-order valence-corrected chi connectivity index (χ4v) is 2.91. The number of anilines is 1. The Morgan fingerprint density at radius 1 is 1.60 bits per heavy atom. The number of ether oxygens (including phenoxy) is 1. The first-order chi connectivity index (χ1) is 7.26. The average molecular weight is 225 g/mol. The monoisotopic (exact) mass is 225 g/mol. The molecule has 0 fully saturated rings. The van der Waals surface area contributed by atoms with Crippen LogP contribution in [0.4, 0.5) is 5.69 Å². The van der Waals surface area contributed by atoms with Crippen molar-refractivity contribution in [2.24, 2.45) is 0 Å². The number of nitrogens with zero attached hydrogens (tertiary/aromatic N) is 1. The van der Waals surface area contributed by atoms with Crippen LogP contribution in [0.2, 0.25) is 0 Å². The lowest BCUT2D eigenvalue weighted by Crippen LogP contribution is -2.39. The predicted octanol–water partition coefficient (Wildman–Crippen LogP) is 1.60. The summed E-state index contributed by atoms with van der Waals surface area (Å²) in [6.45, 7) is 0.195. The molecule has 1 N–H and O–H groups in total. The van der Waals surface area contributed by atoms with Crippen molar-refractivity contribution >= 4 is 17.4 Å². The van der Waals surface area contributed by atoms with Gasteiger partial charge in [-0.3, -0.25) is 0 Å². The summed E-state index contributed by atoms with van der Waals surface area (Å²) in [6, 6.07) is 6.26. The number of methoxy groups -OCH3 is 1. The fourth-order valence-electron chi connectivity index (χ4n) is 1.69. The molecule has 0 saturated heterocycles. The number of aliphatic hydroxyl groups is 1. The van der Waals surface area contributed by atoms with Crippen LogP contribution in [0.5, 0.6) is 5.75 Å².